The van der Waals surface area contributed by atoms with E-state index in [0.717, 1.165) is 24.0 Å². The van der Waals surface area contributed by atoms with Crippen molar-refractivity contribution >= 4 is 19.1 Å². The van der Waals surface area contributed by atoms with Crippen LogP contribution >= 0.6 is 0 Å². The van der Waals surface area contributed by atoms with E-state index < -0.39 is 8.07 Å². The van der Waals surface area contributed by atoms with E-state index >= 15 is 0 Å². The summed E-state index contributed by atoms with van der Waals surface area (Å²) in [6.07, 6.45) is 0. The van der Waals surface area contributed by atoms with Gasteiger partial charge in [0, 0.05) is 14.7 Å². The Morgan fingerprint density at radius 1 is 1.32 bits per heavy atom. The minimum absolute atomic E-state index is 0.224. The van der Waals surface area contributed by atoms with Crippen molar-refractivity contribution in [2.75, 3.05) is 6.61 Å². The molecule has 2 rings (SSSR count). The molecular formula is C14H22N2O2Si. The number of para-hydroxylation sites is 1. The fourth-order valence-electron chi connectivity index (χ4n) is 1.95. The molecule has 0 bridgehead atoms. The van der Waals surface area contributed by atoms with Crippen LogP contribution in [0.3, 0.4) is 0 Å². The third kappa shape index (κ3) is 3.36. The van der Waals surface area contributed by atoms with Gasteiger partial charge in [-0.2, -0.15) is 0 Å². The number of aryl methyl sites for hydroxylation is 1. The van der Waals surface area contributed by atoms with Crippen molar-refractivity contribution in [3.8, 4) is 5.75 Å². The highest BCUT2D eigenvalue weighted by molar-refractivity contribution is 6.76. The van der Waals surface area contributed by atoms with Crippen LogP contribution in [0.15, 0.2) is 18.2 Å². The number of hydrogen-bond donors (Lipinski definition) is 1. The molecule has 0 aliphatic heterocycles. The van der Waals surface area contributed by atoms with E-state index in [1.54, 1.807) is 6.07 Å². The minimum atomic E-state index is -1.05. The maximum Gasteiger partial charge on any atom is 0.143 e. The lowest BCUT2D eigenvalue weighted by Gasteiger charge is -2.16. The molecule has 0 saturated heterocycles. The van der Waals surface area contributed by atoms with Crippen molar-refractivity contribution in [2.24, 2.45) is 0 Å². The highest BCUT2D eigenvalue weighted by atomic mass is 28.3. The Morgan fingerprint density at radius 2 is 2.05 bits per heavy atom. The SMILES string of the molecule is Cc1nc2c(O)cccc2n1COCC[Si](C)(C)C. The van der Waals surface area contributed by atoms with Crippen molar-refractivity contribution in [1.82, 2.24) is 9.55 Å². The molecule has 0 aliphatic carbocycles. The van der Waals surface area contributed by atoms with Crippen LogP contribution in [0.2, 0.25) is 25.7 Å². The highest BCUT2D eigenvalue weighted by Gasteiger charge is 2.13. The second-order valence-electron chi connectivity index (χ2n) is 6.08. The molecule has 0 unspecified atom stereocenters. The van der Waals surface area contributed by atoms with Crippen LogP contribution in [0, 0.1) is 6.92 Å². The van der Waals surface area contributed by atoms with Gasteiger partial charge in [-0.1, -0.05) is 25.7 Å². The molecule has 2 aromatic rings. The summed E-state index contributed by atoms with van der Waals surface area (Å²) in [7, 11) is -1.05. The number of rotatable bonds is 5. The second kappa shape index (κ2) is 5.34. The normalized spacial score (nSPS) is 12.2. The molecule has 1 heterocycles. The minimum Gasteiger partial charge on any atom is -0.506 e. The van der Waals surface area contributed by atoms with Gasteiger partial charge in [0.25, 0.3) is 0 Å². The lowest BCUT2D eigenvalue weighted by molar-refractivity contribution is 0.0885. The number of imidazole rings is 1. The third-order valence-corrected chi connectivity index (χ3v) is 4.87. The van der Waals surface area contributed by atoms with Crippen molar-refractivity contribution in [1.29, 1.82) is 0 Å². The van der Waals surface area contributed by atoms with E-state index in [9.17, 15) is 5.11 Å². The Kier molecular flexibility index (Phi) is 3.96. The standard InChI is InChI=1S/C14H22N2O2Si/c1-11-15-14-12(6-5-7-13(14)17)16(11)10-18-8-9-19(2,3)4/h5-7,17H,8-10H2,1-4H3. The predicted molar refractivity (Wildman–Crippen MR) is 80.2 cm³/mol. The number of aromatic hydroxyl groups is 1. The van der Waals surface area contributed by atoms with E-state index in [-0.39, 0.29) is 5.75 Å². The maximum absolute atomic E-state index is 9.78. The number of aromatic nitrogens is 2. The fourth-order valence-corrected chi connectivity index (χ4v) is 2.70. The lowest BCUT2D eigenvalue weighted by atomic mass is 10.3. The number of ether oxygens (including phenoxy) is 1. The van der Waals surface area contributed by atoms with Crippen molar-refractivity contribution in [2.45, 2.75) is 39.3 Å². The van der Waals surface area contributed by atoms with Crippen LogP contribution in [0.25, 0.3) is 11.0 Å². The molecular weight excluding hydrogens is 256 g/mol. The molecule has 0 saturated carbocycles. The first-order chi connectivity index (χ1) is 8.88. The van der Waals surface area contributed by atoms with E-state index in [4.69, 9.17) is 4.74 Å². The van der Waals surface area contributed by atoms with Crippen LogP contribution in [0.5, 0.6) is 5.75 Å². The quantitative estimate of drug-likeness (QED) is 0.674. The summed E-state index contributed by atoms with van der Waals surface area (Å²) in [6, 6.07) is 6.60. The summed E-state index contributed by atoms with van der Waals surface area (Å²) in [4.78, 5) is 4.38. The van der Waals surface area contributed by atoms with E-state index in [1.165, 1.54) is 0 Å². The van der Waals surface area contributed by atoms with Gasteiger partial charge in [0.2, 0.25) is 0 Å². The Balaban J connectivity index is 2.09. The molecule has 0 amide bonds. The van der Waals surface area contributed by atoms with Gasteiger partial charge in [-0.15, -0.1) is 0 Å². The highest BCUT2D eigenvalue weighted by Crippen LogP contribution is 2.24. The summed E-state index contributed by atoms with van der Waals surface area (Å²) in [5, 5.41) is 9.78. The van der Waals surface area contributed by atoms with Crippen LogP contribution in [0.4, 0.5) is 0 Å². The van der Waals surface area contributed by atoms with Crippen molar-refractivity contribution in [3.63, 3.8) is 0 Å². The van der Waals surface area contributed by atoms with E-state index in [1.807, 2.05) is 23.6 Å². The largest absolute Gasteiger partial charge is 0.506 e. The van der Waals surface area contributed by atoms with Crippen LogP contribution in [-0.4, -0.2) is 29.3 Å². The average Bonchev–Trinajstić information content (AvgIpc) is 2.62. The van der Waals surface area contributed by atoms with Crippen LogP contribution < -0.4 is 0 Å². The molecule has 4 nitrogen and oxygen atoms in total. The van der Waals surface area contributed by atoms with Gasteiger partial charge in [-0.05, 0) is 25.1 Å². The zero-order valence-electron chi connectivity index (χ0n) is 12.1. The van der Waals surface area contributed by atoms with Gasteiger partial charge in [-0.25, -0.2) is 4.98 Å². The molecule has 5 heteroatoms. The molecule has 0 atom stereocenters. The Bertz CT molecular complexity index is 573. The van der Waals surface area contributed by atoms with Crippen LogP contribution in [-0.2, 0) is 11.5 Å². The van der Waals surface area contributed by atoms with Gasteiger partial charge in [0.05, 0.1) is 5.52 Å². The van der Waals surface area contributed by atoms with E-state index in [2.05, 4.69) is 24.6 Å². The van der Waals surface area contributed by atoms with Crippen LogP contribution in [0.1, 0.15) is 5.82 Å². The Labute approximate surface area is 115 Å². The molecule has 1 aromatic heterocycles. The lowest BCUT2D eigenvalue weighted by Crippen LogP contribution is -2.22. The summed E-state index contributed by atoms with van der Waals surface area (Å²) in [6.45, 7) is 10.2. The number of phenolic OH excluding ortho intramolecular Hbond substituents is 1. The molecule has 0 fully saturated rings. The Morgan fingerprint density at radius 3 is 2.74 bits per heavy atom. The molecule has 19 heavy (non-hydrogen) atoms. The molecule has 1 aromatic carbocycles. The number of benzene rings is 1. The monoisotopic (exact) mass is 278 g/mol. The predicted octanol–water partition coefficient (Wildman–Crippen LogP) is 3.36. The first-order valence-corrected chi connectivity index (χ1v) is 10.3. The summed E-state index contributed by atoms with van der Waals surface area (Å²) < 4.78 is 7.76. The zero-order chi connectivity index (χ0) is 14.0. The average molecular weight is 278 g/mol. The number of nitrogens with zero attached hydrogens (tertiary/aromatic N) is 2. The second-order valence-corrected chi connectivity index (χ2v) is 11.7. The molecule has 1 N–H and O–H groups in total. The summed E-state index contributed by atoms with van der Waals surface area (Å²) in [5.74, 6) is 1.09. The van der Waals surface area contributed by atoms with Gasteiger partial charge >= 0.3 is 0 Å². The first kappa shape index (κ1) is 14.1. The maximum atomic E-state index is 9.78. The number of hydrogen-bond acceptors (Lipinski definition) is 3. The van der Waals surface area contributed by atoms with Crippen molar-refractivity contribution in [3.05, 3.63) is 24.0 Å². The van der Waals surface area contributed by atoms with Gasteiger partial charge < -0.3 is 14.4 Å². The topological polar surface area (TPSA) is 47.3 Å². The molecule has 0 spiro atoms. The smallest absolute Gasteiger partial charge is 0.143 e. The summed E-state index contributed by atoms with van der Waals surface area (Å²) >= 11 is 0. The number of fused-ring (bicyclic) bond motifs is 1. The van der Waals surface area contributed by atoms with Gasteiger partial charge in [0.15, 0.2) is 0 Å². The Hall–Kier alpha value is -1.33. The van der Waals surface area contributed by atoms with Crippen molar-refractivity contribution < 1.29 is 9.84 Å². The summed E-state index contributed by atoms with van der Waals surface area (Å²) in [5.41, 5.74) is 1.57. The zero-order valence-corrected chi connectivity index (χ0v) is 13.1. The third-order valence-electron chi connectivity index (χ3n) is 3.17. The van der Waals surface area contributed by atoms with Gasteiger partial charge in [0.1, 0.15) is 23.8 Å². The first-order valence-electron chi connectivity index (χ1n) is 6.61. The molecule has 104 valence electrons. The van der Waals surface area contributed by atoms with E-state index in [0.29, 0.717) is 12.2 Å². The van der Waals surface area contributed by atoms with Gasteiger partial charge in [-0.3, -0.25) is 0 Å². The fraction of sp³-hybridized carbons (Fsp3) is 0.500. The number of phenols is 1. The molecule has 0 aliphatic rings. The molecule has 0 radical (unpaired) electrons.